The van der Waals surface area contributed by atoms with E-state index in [-0.39, 0.29) is 16.2 Å². The fourth-order valence-electron chi connectivity index (χ4n) is 1.96. The van der Waals surface area contributed by atoms with Gasteiger partial charge in [-0.05, 0) is 30.3 Å². The Morgan fingerprint density at radius 3 is 2.29 bits per heavy atom. The van der Waals surface area contributed by atoms with Crippen LogP contribution >= 0.6 is 11.3 Å². The Bertz CT molecular complexity index is 879. The molecule has 3 aromatic rings. The fourth-order valence-corrected chi connectivity index (χ4v) is 2.82. The molecule has 0 fully saturated rings. The largest absolute Gasteiger partial charge is 0.416 e. The molecule has 24 heavy (non-hydrogen) atoms. The van der Waals surface area contributed by atoms with Crippen LogP contribution in [0.2, 0.25) is 0 Å². The zero-order valence-electron chi connectivity index (χ0n) is 11.6. The fraction of sp³-hybridized carbons (Fsp3) is 0.0667. The van der Waals surface area contributed by atoms with E-state index in [1.807, 2.05) is 0 Å². The van der Waals surface area contributed by atoms with Crippen LogP contribution in [0, 0.1) is 11.6 Å². The van der Waals surface area contributed by atoms with Gasteiger partial charge in [0.2, 0.25) is 0 Å². The maximum absolute atomic E-state index is 13.1. The van der Waals surface area contributed by atoms with Gasteiger partial charge < -0.3 is 0 Å². The van der Waals surface area contributed by atoms with Crippen molar-refractivity contribution in [1.82, 2.24) is 4.98 Å². The summed E-state index contributed by atoms with van der Waals surface area (Å²) in [5.74, 6) is -2.77. The Labute approximate surface area is 135 Å². The van der Waals surface area contributed by atoms with Gasteiger partial charge in [-0.25, -0.2) is 13.8 Å². The molecule has 0 radical (unpaired) electrons. The van der Waals surface area contributed by atoms with Crippen LogP contribution in [0.1, 0.15) is 15.9 Å². The summed E-state index contributed by atoms with van der Waals surface area (Å²) in [6, 6.07) is 5.50. The molecule has 0 atom stereocenters. The summed E-state index contributed by atoms with van der Waals surface area (Å²) in [4.78, 5) is 15.9. The van der Waals surface area contributed by atoms with Crippen molar-refractivity contribution in [3.63, 3.8) is 0 Å². The van der Waals surface area contributed by atoms with Crippen molar-refractivity contribution < 1.29 is 26.7 Å². The number of hydrogen-bond donors (Lipinski definition) is 1. The first-order chi connectivity index (χ1) is 11.2. The number of nitrogens with zero attached hydrogens (tertiary/aromatic N) is 1. The molecule has 1 N–H and O–H groups in total. The number of amides is 1. The summed E-state index contributed by atoms with van der Waals surface area (Å²) in [6.07, 6.45) is -4.49. The number of rotatable bonds is 2. The number of carbonyl (C=O) groups excluding carboxylic acids is 1. The number of halogens is 5. The number of aromatic nitrogens is 1. The van der Waals surface area contributed by atoms with Crippen LogP contribution in [0.5, 0.6) is 0 Å². The molecule has 0 aliphatic rings. The Kier molecular flexibility index (Phi) is 3.96. The third kappa shape index (κ3) is 3.21. The van der Waals surface area contributed by atoms with Gasteiger partial charge in [0.15, 0.2) is 16.8 Å². The van der Waals surface area contributed by atoms with Crippen LogP contribution in [0.3, 0.4) is 0 Å². The minimum absolute atomic E-state index is 0.000354. The normalized spacial score (nSPS) is 11.7. The first-order valence-electron chi connectivity index (χ1n) is 6.48. The predicted molar refractivity (Wildman–Crippen MR) is 78.9 cm³/mol. The minimum Gasteiger partial charge on any atom is -0.298 e. The van der Waals surface area contributed by atoms with Crippen molar-refractivity contribution >= 4 is 32.6 Å². The molecule has 1 amide bonds. The third-order valence-corrected chi connectivity index (χ3v) is 4.06. The molecule has 0 bridgehead atoms. The van der Waals surface area contributed by atoms with Gasteiger partial charge in [0.25, 0.3) is 5.91 Å². The highest BCUT2D eigenvalue weighted by Crippen LogP contribution is 2.30. The third-order valence-electron chi connectivity index (χ3n) is 3.13. The molecule has 3 rings (SSSR count). The molecule has 0 unspecified atom stereocenters. The Balaban J connectivity index is 1.82. The molecule has 3 nitrogen and oxygen atoms in total. The number of carbonyl (C=O) groups is 1. The molecule has 9 heteroatoms. The molecule has 0 aliphatic carbocycles. The Morgan fingerprint density at radius 1 is 1.04 bits per heavy atom. The van der Waals surface area contributed by atoms with Crippen LogP contribution in [-0.2, 0) is 6.18 Å². The molecular weight excluding hydrogens is 351 g/mol. The summed E-state index contributed by atoms with van der Waals surface area (Å²) < 4.78 is 64.0. The van der Waals surface area contributed by atoms with Crippen molar-refractivity contribution in [1.29, 1.82) is 0 Å². The van der Waals surface area contributed by atoms with E-state index in [2.05, 4.69) is 10.3 Å². The zero-order valence-corrected chi connectivity index (χ0v) is 12.4. The summed E-state index contributed by atoms with van der Waals surface area (Å²) in [5.41, 5.74) is -0.703. The molecule has 0 spiro atoms. The van der Waals surface area contributed by atoms with Crippen LogP contribution in [0.4, 0.5) is 27.1 Å². The maximum atomic E-state index is 13.1. The highest BCUT2D eigenvalue weighted by Gasteiger charge is 2.30. The second-order valence-corrected chi connectivity index (χ2v) is 5.81. The first-order valence-corrected chi connectivity index (χ1v) is 7.30. The summed E-state index contributed by atoms with van der Waals surface area (Å²) >= 11 is 0.921. The van der Waals surface area contributed by atoms with E-state index in [1.54, 1.807) is 0 Å². The van der Waals surface area contributed by atoms with E-state index in [0.717, 1.165) is 47.7 Å². The van der Waals surface area contributed by atoms with Crippen LogP contribution < -0.4 is 5.32 Å². The van der Waals surface area contributed by atoms with Gasteiger partial charge >= 0.3 is 6.18 Å². The molecule has 2 aromatic carbocycles. The van der Waals surface area contributed by atoms with Gasteiger partial charge in [0.05, 0.1) is 15.8 Å². The number of anilines is 1. The molecule has 124 valence electrons. The number of benzene rings is 2. The standard InChI is InChI=1S/C15H7F5N2OS/c16-9-5-11-12(6-10(9)17)24-14(21-11)22-13(23)7-1-3-8(4-2-7)15(18,19)20/h1-6H,(H,21,22,23). The topological polar surface area (TPSA) is 42.0 Å². The van der Waals surface area contributed by atoms with Gasteiger partial charge in [0, 0.05) is 11.6 Å². The molecule has 0 aliphatic heterocycles. The van der Waals surface area contributed by atoms with E-state index in [4.69, 9.17) is 0 Å². The predicted octanol–water partition coefficient (Wildman–Crippen LogP) is 4.85. The van der Waals surface area contributed by atoms with Crippen LogP contribution in [0.15, 0.2) is 36.4 Å². The molecule has 1 heterocycles. The summed E-state index contributed by atoms with van der Waals surface area (Å²) in [7, 11) is 0. The lowest BCUT2D eigenvalue weighted by Gasteiger charge is -2.07. The van der Waals surface area contributed by atoms with Crippen LogP contribution in [-0.4, -0.2) is 10.9 Å². The Hall–Kier alpha value is -2.55. The van der Waals surface area contributed by atoms with Gasteiger partial charge in [-0.15, -0.1) is 0 Å². The monoisotopic (exact) mass is 358 g/mol. The zero-order chi connectivity index (χ0) is 17.5. The lowest BCUT2D eigenvalue weighted by Crippen LogP contribution is -2.12. The lowest BCUT2D eigenvalue weighted by atomic mass is 10.1. The van der Waals surface area contributed by atoms with E-state index < -0.39 is 29.3 Å². The van der Waals surface area contributed by atoms with E-state index >= 15 is 0 Å². The highest BCUT2D eigenvalue weighted by atomic mass is 32.1. The van der Waals surface area contributed by atoms with E-state index in [9.17, 15) is 26.7 Å². The van der Waals surface area contributed by atoms with Crippen molar-refractivity contribution in [2.24, 2.45) is 0 Å². The number of hydrogen-bond acceptors (Lipinski definition) is 3. The number of alkyl halides is 3. The first kappa shape index (κ1) is 16.3. The maximum Gasteiger partial charge on any atom is 0.416 e. The van der Waals surface area contributed by atoms with Gasteiger partial charge in [-0.1, -0.05) is 11.3 Å². The van der Waals surface area contributed by atoms with Gasteiger partial charge in [0.1, 0.15) is 0 Å². The van der Waals surface area contributed by atoms with Crippen LogP contribution in [0.25, 0.3) is 10.2 Å². The SMILES string of the molecule is O=C(Nc1nc2cc(F)c(F)cc2s1)c1ccc(C(F)(F)F)cc1. The number of nitrogens with one attached hydrogen (secondary N) is 1. The van der Waals surface area contributed by atoms with E-state index in [1.165, 1.54) is 0 Å². The second-order valence-electron chi connectivity index (χ2n) is 4.78. The van der Waals surface area contributed by atoms with Gasteiger partial charge in [-0.3, -0.25) is 10.1 Å². The quantitative estimate of drug-likeness (QED) is 0.666. The summed E-state index contributed by atoms with van der Waals surface area (Å²) in [6.45, 7) is 0. The smallest absolute Gasteiger partial charge is 0.298 e. The molecule has 1 aromatic heterocycles. The van der Waals surface area contributed by atoms with Crippen molar-refractivity contribution in [2.45, 2.75) is 6.18 Å². The lowest BCUT2D eigenvalue weighted by molar-refractivity contribution is -0.137. The minimum atomic E-state index is -4.49. The van der Waals surface area contributed by atoms with Gasteiger partial charge in [-0.2, -0.15) is 13.2 Å². The average molecular weight is 358 g/mol. The molecule has 0 saturated carbocycles. The Morgan fingerprint density at radius 2 is 1.67 bits per heavy atom. The highest BCUT2D eigenvalue weighted by molar-refractivity contribution is 7.22. The number of thiazole rings is 1. The van der Waals surface area contributed by atoms with Crippen molar-refractivity contribution in [3.05, 3.63) is 59.2 Å². The van der Waals surface area contributed by atoms with Crippen molar-refractivity contribution in [3.8, 4) is 0 Å². The molecular formula is C15H7F5N2OS. The van der Waals surface area contributed by atoms with E-state index in [0.29, 0.717) is 4.70 Å². The van der Waals surface area contributed by atoms with Crippen molar-refractivity contribution in [2.75, 3.05) is 5.32 Å². The summed E-state index contributed by atoms with van der Waals surface area (Å²) in [5, 5.41) is 2.47. The second kappa shape index (κ2) is 5.82. The average Bonchev–Trinajstić information content (AvgIpc) is 2.88. The number of fused-ring (bicyclic) bond motifs is 1. The molecule has 0 saturated heterocycles.